The van der Waals surface area contributed by atoms with Crippen LogP contribution in [0.1, 0.15) is 59.4 Å². The molecule has 1 fully saturated rings. The van der Waals surface area contributed by atoms with Crippen LogP contribution in [0.2, 0.25) is 0 Å². The van der Waals surface area contributed by atoms with E-state index in [1.54, 1.807) is 0 Å². The minimum atomic E-state index is 0.146. The molecule has 4 aromatic rings. The van der Waals surface area contributed by atoms with Crippen LogP contribution in [0, 0.1) is 25.7 Å². The Morgan fingerprint density at radius 1 is 0.676 bits per heavy atom. The van der Waals surface area contributed by atoms with Crippen LogP contribution in [0.3, 0.4) is 0 Å². The molecule has 2 aliphatic carbocycles. The Balaban J connectivity index is 1.14. The van der Waals surface area contributed by atoms with Gasteiger partial charge in [0.2, 0.25) is 0 Å². The van der Waals surface area contributed by atoms with Gasteiger partial charge in [0.05, 0.1) is 0 Å². The molecule has 0 bridgehead atoms. The second kappa shape index (κ2) is 10.1. The van der Waals surface area contributed by atoms with Gasteiger partial charge >= 0.3 is 0 Å². The molecule has 37 heavy (non-hydrogen) atoms. The van der Waals surface area contributed by atoms with Crippen molar-refractivity contribution in [2.24, 2.45) is 11.8 Å². The van der Waals surface area contributed by atoms with Gasteiger partial charge in [0.1, 0.15) is 5.78 Å². The lowest BCUT2D eigenvalue weighted by Gasteiger charge is -2.32. The van der Waals surface area contributed by atoms with E-state index in [2.05, 4.69) is 105 Å². The summed E-state index contributed by atoms with van der Waals surface area (Å²) < 4.78 is 0. The first-order valence-electron chi connectivity index (χ1n) is 13.9. The number of Topliss-reactive ketones (excluding diaryl/α,β-unsaturated/α-hetero) is 1. The highest BCUT2D eigenvalue weighted by molar-refractivity contribution is 5.92. The molecule has 0 spiro atoms. The van der Waals surface area contributed by atoms with Crippen molar-refractivity contribution < 1.29 is 4.79 Å². The van der Waals surface area contributed by atoms with Crippen molar-refractivity contribution in [1.82, 2.24) is 0 Å². The summed E-state index contributed by atoms with van der Waals surface area (Å²) in [6.45, 7) is 4.40. The normalized spacial score (nSPS) is 21.1. The van der Waals surface area contributed by atoms with Gasteiger partial charge in [-0.15, -0.1) is 0 Å². The number of hydrogen-bond donors (Lipinski definition) is 0. The molecule has 1 nitrogen and oxygen atoms in total. The van der Waals surface area contributed by atoms with Crippen LogP contribution in [0.5, 0.6) is 0 Å². The van der Waals surface area contributed by atoms with Crippen LogP contribution in [-0.4, -0.2) is 5.78 Å². The molecule has 6 rings (SSSR count). The smallest absolute Gasteiger partial charge is 0.144 e. The summed E-state index contributed by atoms with van der Waals surface area (Å²) in [7, 11) is 0. The summed E-state index contributed by atoms with van der Waals surface area (Å²) >= 11 is 0. The van der Waals surface area contributed by atoms with Crippen LogP contribution in [0.15, 0.2) is 91.0 Å². The standard InChI is InChI=1S/C36H36O/c1-24-20-33(28-8-4-3-5-9-28)34(21-25(24)2)29-16-12-26(13-17-29)22-27-14-18-30(19-15-27)36-32-11-7-6-10-31(32)23-35(36)37/h3-13,16-17,20-21,27,30,36H,14-15,18-19,22-23H2,1-2H3. The molecule has 0 heterocycles. The summed E-state index contributed by atoms with van der Waals surface area (Å²) in [6.07, 6.45) is 6.59. The van der Waals surface area contributed by atoms with Gasteiger partial charge in [0.25, 0.3) is 0 Å². The first-order valence-corrected chi connectivity index (χ1v) is 13.9. The van der Waals surface area contributed by atoms with Crippen molar-refractivity contribution in [2.45, 2.75) is 58.3 Å². The molecule has 1 heteroatoms. The number of hydrogen-bond acceptors (Lipinski definition) is 1. The van der Waals surface area contributed by atoms with Gasteiger partial charge in [-0.2, -0.15) is 0 Å². The molecule has 1 atom stereocenters. The van der Waals surface area contributed by atoms with Crippen molar-refractivity contribution in [3.05, 3.63) is 119 Å². The van der Waals surface area contributed by atoms with E-state index < -0.39 is 0 Å². The Kier molecular flexibility index (Phi) is 6.55. The average Bonchev–Trinajstić information content (AvgIpc) is 3.27. The first kappa shape index (κ1) is 23.9. The van der Waals surface area contributed by atoms with E-state index in [0.717, 1.165) is 12.3 Å². The summed E-state index contributed by atoms with van der Waals surface area (Å²) in [6, 6.07) is 33.2. The quantitative estimate of drug-likeness (QED) is 0.276. The maximum atomic E-state index is 12.8. The lowest BCUT2D eigenvalue weighted by Crippen LogP contribution is -2.24. The zero-order valence-electron chi connectivity index (χ0n) is 22.0. The molecule has 0 radical (unpaired) electrons. The number of aryl methyl sites for hydroxylation is 2. The summed E-state index contributed by atoms with van der Waals surface area (Å²) in [5.41, 5.74) is 11.8. The second-order valence-electron chi connectivity index (χ2n) is 11.3. The Morgan fingerprint density at radius 3 is 1.95 bits per heavy atom. The predicted molar refractivity (Wildman–Crippen MR) is 154 cm³/mol. The Labute approximate surface area is 221 Å². The molecule has 186 valence electrons. The lowest BCUT2D eigenvalue weighted by atomic mass is 9.72. The molecule has 2 aliphatic rings. The van der Waals surface area contributed by atoms with Gasteiger partial charge in [-0.1, -0.05) is 91.0 Å². The number of rotatable bonds is 5. The van der Waals surface area contributed by atoms with Gasteiger partial charge in [-0.05, 0) is 108 Å². The van der Waals surface area contributed by atoms with Crippen LogP contribution >= 0.6 is 0 Å². The molecule has 0 amide bonds. The molecule has 0 aromatic heterocycles. The molecule has 0 N–H and O–H groups in total. The van der Waals surface area contributed by atoms with Gasteiger partial charge < -0.3 is 0 Å². The van der Waals surface area contributed by atoms with Crippen molar-refractivity contribution in [2.75, 3.05) is 0 Å². The summed E-state index contributed by atoms with van der Waals surface area (Å²) in [4.78, 5) is 12.8. The van der Waals surface area contributed by atoms with E-state index >= 15 is 0 Å². The Hall–Kier alpha value is -3.45. The SMILES string of the molecule is Cc1cc(-c2ccccc2)c(-c2ccc(CC3CCC(C4C(=O)Cc5ccccc54)CC3)cc2)cc1C. The van der Waals surface area contributed by atoms with Crippen LogP contribution in [0.25, 0.3) is 22.3 Å². The van der Waals surface area contributed by atoms with E-state index in [0.29, 0.717) is 18.1 Å². The molecule has 4 aromatic carbocycles. The largest absolute Gasteiger partial charge is 0.299 e. The van der Waals surface area contributed by atoms with E-state index in [-0.39, 0.29) is 5.92 Å². The van der Waals surface area contributed by atoms with E-state index in [9.17, 15) is 4.79 Å². The maximum Gasteiger partial charge on any atom is 0.144 e. The zero-order chi connectivity index (χ0) is 25.4. The molecular weight excluding hydrogens is 448 g/mol. The minimum absolute atomic E-state index is 0.146. The highest BCUT2D eigenvalue weighted by Crippen LogP contribution is 2.44. The van der Waals surface area contributed by atoms with E-state index in [1.807, 2.05) is 0 Å². The van der Waals surface area contributed by atoms with Gasteiger partial charge in [0, 0.05) is 12.3 Å². The van der Waals surface area contributed by atoms with Crippen molar-refractivity contribution in [1.29, 1.82) is 0 Å². The predicted octanol–water partition coefficient (Wildman–Crippen LogP) is 8.90. The highest BCUT2D eigenvalue weighted by Gasteiger charge is 2.37. The molecule has 1 saturated carbocycles. The third-order valence-corrected chi connectivity index (χ3v) is 8.97. The lowest BCUT2D eigenvalue weighted by molar-refractivity contribution is -0.120. The number of fused-ring (bicyclic) bond motifs is 1. The third kappa shape index (κ3) is 4.80. The molecule has 0 aliphatic heterocycles. The maximum absolute atomic E-state index is 12.8. The fourth-order valence-corrected chi connectivity index (χ4v) is 6.78. The third-order valence-electron chi connectivity index (χ3n) is 8.97. The average molecular weight is 485 g/mol. The second-order valence-corrected chi connectivity index (χ2v) is 11.3. The van der Waals surface area contributed by atoms with Gasteiger partial charge in [-0.3, -0.25) is 4.79 Å². The van der Waals surface area contributed by atoms with E-state index in [4.69, 9.17) is 0 Å². The minimum Gasteiger partial charge on any atom is -0.299 e. The summed E-state index contributed by atoms with van der Waals surface area (Å²) in [5, 5.41) is 0. The molecule has 1 unspecified atom stereocenters. The fraction of sp³-hybridized carbons (Fsp3) is 0.306. The number of carbonyl (C=O) groups excluding carboxylic acids is 1. The number of ketones is 1. The Morgan fingerprint density at radius 2 is 1.27 bits per heavy atom. The van der Waals surface area contributed by atoms with Crippen molar-refractivity contribution in [3.8, 4) is 22.3 Å². The number of carbonyl (C=O) groups is 1. The fourth-order valence-electron chi connectivity index (χ4n) is 6.78. The van der Waals surface area contributed by atoms with Crippen LogP contribution in [0.4, 0.5) is 0 Å². The number of benzene rings is 4. The van der Waals surface area contributed by atoms with Gasteiger partial charge in [-0.25, -0.2) is 0 Å². The van der Waals surface area contributed by atoms with Crippen LogP contribution in [-0.2, 0) is 17.6 Å². The van der Waals surface area contributed by atoms with E-state index in [1.165, 1.54) is 75.8 Å². The monoisotopic (exact) mass is 484 g/mol. The highest BCUT2D eigenvalue weighted by atomic mass is 16.1. The van der Waals surface area contributed by atoms with Crippen LogP contribution < -0.4 is 0 Å². The van der Waals surface area contributed by atoms with Gasteiger partial charge in [0.15, 0.2) is 0 Å². The topological polar surface area (TPSA) is 17.1 Å². The summed E-state index contributed by atoms with van der Waals surface area (Å²) in [5.74, 6) is 1.83. The van der Waals surface area contributed by atoms with Crippen molar-refractivity contribution in [3.63, 3.8) is 0 Å². The zero-order valence-corrected chi connectivity index (χ0v) is 22.0. The molecule has 0 saturated heterocycles. The molecular formula is C36H36O. The Bertz CT molecular complexity index is 1410. The first-order chi connectivity index (χ1) is 18.1. The van der Waals surface area contributed by atoms with Crippen molar-refractivity contribution >= 4 is 5.78 Å².